The number of amides is 4. The molecule has 11 nitrogen and oxygen atoms in total. The van der Waals surface area contributed by atoms with Crippen molar-refractivity contribution in [3.8, 4) is 0 Å². The van der Waals surface area contributed by atoms with Crippen LogP contribution in [0.15, 0.2) is 60.7 Å². The molecule has 1 fully saturated rings. The van der Waals surface area contributed by atoms with Crippen LogP contribution < -0.4 is 26.6 Å². The van der Waals surface area contributed by atoms with E-state index in [4.69, 9.17) is 0 Å². The fourth-order valence-corrected chi connectivity index (χ4v) is 5.23. The Hall–Kier alpha value is -3.90. The zero-order valence-corrected chi connectivity index (χ0v) is 26.0. The van der Waals surface area contributed by atoms with Gasteiger partial charge in [0.1, 0.15) is 24.2 Å². The van der Waals surface area contributed by atoms with Gasteiger partial charge in [-0.2, -0.15) is 12.6 Å². The summed E-state index contributed by atoms with van der Waals surface area (Å²) in [5, 5.41) is 23.7. The van der Waals surface area contributed by atoms with Gasteiger partial charge in [0.2, 0.25) is 23.6 Å². The van der Waals surface area contributed by atoms with E-state index >= 15 is 0 Å². The highest BCUT2D eigenvalue weighted by atomic mass is 32.1. The molecule has 238 valence electrons. The average Bonchev–Trinajstić information content (AvgIpc) is 3.57. The van der Waals surface area contributed by atoms with E-state index in [2.05, 4.69) is 39.2 Å². The summed E-state index contributed by atoms with van der Waals surface area (Å²) in [6.45, 7) is 4.48. The summed E-state index contributed by atoms with van der Waals surface area (Å²) in [6, 6.07) is 13.2. The summed E-state index contributed by atoms with van der Waals surface area (Å²) < 4.78 is 0. The van der Waals surface area contributed by atoms with Crippen LogP contribution in [0.3, 0.4) is 0 Å². The topological polar surface area (TPSA) is 166 Å². The first-order chi connectivity index (χ1) is 21.1. The summed E-state index contributed by atoms with van der Waals surface area (Å²) in [5.74, 6) is -3.63. The van der Waals surface area contributed by atoms with Crippen LogP contribution in [0.1, 0.15) is 44.2 Å². The molecule has 3 rings (SSSR count). The van der Waals surface area contributed by atoms with Gasteiger partial charge >= 0.3 is 5.97 Å². The van der Waals surface area contributed by atoms with E-state index in [9.17, 15) is 29.1 Å². The number of carbonyl (C=O) groups excluding carboxylic acids is 4. The minimum absolute atomic E-state index is 0.0579. The number of carboxylic acid groups (broad SMARTS) is 1. The molecule has 0 bridgehead atoms. The Kier molecular flexibility index (Phi) is 13.7. The second-order valence-corrected chi connectivity index (χ2v) is 11.5. The Morgan fingerprint density at radius 1 is 0.818 bits per heavy atom. The first-order valence-electron chi connectivity index (χ1n) is 15.0. The lowest BCUT2D eigenvalue weighted by Crippen LogP contribution is -2.60. The molecule has 1 saturated heterocycles. The Balaban J connectivity index is 1.74. The van der Waals surface area contributed by atoms with Gasteiger partial charge in [0, 0.05) is 18.6 Å². The molecular weight excluding hydrogens is 582 g/mol. The van der Waals surface area contributed by atoms with Crippen LogP contribution in [0, 0.1) is 5.92 Å². The molecule has 12 heteroatoms. The molecule has 6 atom stereocenters. The highest BCUT2D eigenvalue weighted by molar-refractivity contribution is 7.80. The van der Waals surface area contributed by atoms with Crippen molar-refractivity contribution in [2.45, 2.75) is 76.2 Å². The predicted octanol–water partition coefficient (Wildman–Crippen LogP) is 1.22. The van der Waals surface area contributed by atoms with Crippen molar-refractivity contribution in [1.82, 2.24) is 26.6 Å². The number of thiol groups is 1. The second kappa shape index (κ2) is 17.4. The van der Waals surface area contributed by atoms with Crippen molar-refractivity contribution in [2.75, 3.05) is 12.3 Å². The maximum Gasteiger partial charge on any atom is 0.326 e. The number of hydrogen-bond donors (Lipinski definition) is 7. The molecular formula is C32H43N5O6S. The molecule has 0 spiro atoms. The number of carboxylic acids is 1. The van der Waals surface area contributed by atoms with Gasteiger partial charge in [-0.05, 0) is 36.4 Å². The van der Waals surface area contributed by atoms with Crippen molar-refractivity contribution >= 4 is 42.2 Å². The Labute approximate surface area is 263 Å². The minimum Gasteiger partial charge on any atom is -0.480 e. The van der Waals surface area contributed by atoms with Crippen molar-refractivity contribution in [3.63, 3.8) is 0 Å². The van der Waals surface area contributed by atoms with Crippen molar-refractivity contribution in [3.05, 3.63) is 71.8 Å². The zero-order chi connectivity index (χ0) is 32.1. The van der Waals surface area contributed by atoms with E-state index < -0.39 is 47.9 Å². The molecule has 0 aromatic heterocycles. The van der Waals surface area contributed by atoms with Crippen LogP contribution in [0.2, 0.25) is 0 Å². The molecule has 6 N–H and O–H groups in total. The number of nitrogens with one attached hydrogen (secondary N) is 5. The summed E-state index contributed by atoms with van der Waals surface area (Å²) in [5.41, 5.74) is 1.47. The number of hydrogen-bond acceptors (Lipinski definition) is 7. The predicted molar refractivity (Wildman–Crippen MR) is 170 cm³/mol. The number of aliphatic carboxylic acids is 1. The third kappa shape index (κ3) is 10.4. The molecule has 1 heterocycles. The normalized spacial score (nSPS) is 17.8. The van der Waals surface area contributed by atoms with E-state index in [1.54, 1.807) is 48.5 Å². The molecule has 2 aromatic rings. The minimum atomic E-state index is -1.23. The summed E-state index contributed by atoms with van der Waals surface area (Å²) in [4.78, 5) is 65.1. The average molecular weight is 626 g/mol. The monoisotopic (exact) mass is 625 g/mol. The number of benzene rings is 2. The van der Waals surface area contributed by atoms with E-state index in [-0.39, 0.29) is 36.5 Å². The molecule has 0 saturated carbocycles. The van der Waals surface area contributed by atoms with Gasteiger partial charge in [0.25, 0.3) is 0 Å². The second-order valence-electron chi connectivity index (χ2n) is 11.1. The molecule has 2 aromatic carbocycles. The third-order valence-electron chi connectivity index (χ3n) is 7.80. The van der Waals surface area contributed by atoms with Gasteiger partial charge in [-0.25, -0.2) is 4.79 Å². The molecule has 0 unspecified atom stereocenters. The smallest absolute Gasteiger partial charge is 0.326 e. The van der Waals surface area contributed by atoms with Crippen molar-refractivity contribution in [2.24, 2.45) is 5.92 Å². The Morgan fingerprint density at radius 3 is 1.84 bits per heavy atom. The van der Waals surface area contributed by atoms with Gasteiger partial charge in [-0.1, -0.05) is 80.9 Å². The Morgan fingerprint density at radius 2 is 1.34 bits per heavy atom. The molecule has 44 heavy (non-hydrogen) atoms. The lowest BCUT2D eigenvalue weighted by Gasteiger charge is -2.28. The van der Waals surface area contributed by atoms with Crippen LogP contribution in [-0.4, -0.2) is 77.2 Å². The molecule has 0 aliphatic carbocycles. The molecule has 0 radical (unpaired) electrons. The summed E-state index contributed by atoms with van der Waals surface area (Å²) in [7, 11) is 0. The van der Waals surface area contributed by atoms with E-state index in [0.717, 1.165) is 24.1 Å². The summed E-state index contributed by atoms with van der Waals surface area (Å²) >= 11 is 4.27. The SMILES string of the molecule is CC[C@H](C)[C@H](NC(=O)[C@@H]1CCCN1)C(=O)N[C@@H](CS)C(=O)N[C@@H](Cc1ccccc1)C(=O)N[C@@H](Cc1ccccc1)C(=O)O. The van der Waals surface area contributed by atoms with E-state index in [1.165, 1.54) is 0 Å². The molecule has 1 aliphatic heterocycles. The first-order valence-corrected chi connectivity index (χ1v) is 15.6. The van der Waals surface area contributed by atoms with Crippen LogP contribution >= 0.6 is 12.6 Å². The van der Waals surface area contributed by atoms with Gasteiger partial charge in [0.15, 0.2) is 0 Å². The van der Waals surface area contributed by atoms with Crippen LogP contribution in [0.4, 0.5) is 0 Å². The van der Waals surface area contributed by atoms with Crippen LogP contribution in [0.25, 0.3) is 0 Å². The highest BCUT2D eigenvalue weighted by Crippen LogP contribution is 2.12. The van der Waals surface area contributed by atoms with Crippen molar-refractivity contribution in [1.29, 1.82) is 0 Å². The van der Waals surface area contributed by atoms with Crippen molar-refractivity contribution < 1.29 is 29.1 Å². The number of carbonyl (C=O) groups is 5. The first kappa shape index (κ1) is 34.6. The fraction of sp³-hybridized carbons (Fsp3) is 0.469. The quantitative estimate of drug-likeness (QED) is 0.138. The maximum absolute atomic E-state index is 13.5. The van der Waals surface area contributed by atoms with Crippen LogP contribution in [0.5, 0.6) is 0 Å². The highest BCUT2D eigenvalue weighted by Gasteiger charge is 2.34. The molecule has 4 amide bonds. The Bertz CT molecular complexity index is 1260. The maximum atomic E-state index is 13.5. The lowest BCUT2D eigenvalue weighted by molar-refractivity contribution is -0.142. The van der Waals surface area contributed by atoms with Gasteiger partial charge in [-0.3, -0.25) is 19.2 Å². The van der Waals surface area contributed by atoms with Gasteiger partial charge < -0.3 is 31.7 Å². The third-order valence-corrected chi connectivity index (χ3v) is 8.16. The van der Waals surface area contributed by atoms with E-state index in [1.807, 2.05) is 26.0 Å². The zero-order valence-electron chi connectivity index (χ0n) is 25.1. The van der Waals surface area contributed by atoms with Gasteiger partial charge in [0.05, 0.1) is 6.04 Å². The molecule has 1 aliphatic rings. The summed E-state index contributed by atoms with van der Waals surface area (Å²) in [6.07, 6.45) is 2.31. The van der Waals surface area contributed by atoms with Gasteiger partial charge in [-0.15, -0.1) is 0 Å². The standard InChI is InChI=1S/C32H43N5O6S/c1-3-20(2)27(37-28(38)23-15-10-16-33-23)31(41)36-26(19-44)30(40)34-24(17-21-11-6-4-7-12-21)29(39)35-25(32(42)43)18-22-13-8-5-9-14-22/h4-9,11-14,20,23-27,33,44H,3,10,15-19H2,1-2H3,(H,34,40)(H,35,39)(H,36,41)(H,37,38)(H,42,43)/t20-,23-,24-,25-,26-,27-/m0/s1. The number of rotatable bonds is 16. The fourth-order valence-electron chi connectivity index (χ4n) is 4.97. The van der Waals surface area contributed by atoms with E-state index in [0.29, 0.717) is 12.8 Å². The largest absolute Gasteiger partial charge is 0.480 e. The van der Waals surface area contributed by atoms with Crippen LogP contribution in [-0.2, 0) is 36.8 Å². The lowest BCUT2D eigenvalue weighted by atomic mass is 9.97.